The Morgan fingerprint density at radius 1 is 1.08 bits per heavy atom. The van der Waals surface area contributed by atoms with Crippen LogP contribution in [0.5, 0.6) is 0 Å². The van der Waals surface area contributed by atoms with Crippen molar-refractivity contribution in [3.63, 3.8) is 0 Å². The summed E-state index contributed by atoms with van der Waals surface area (Å²) < 4.78 is 59.8. The standard InChI is InChI=1S/C25H21F2N3O7S/c26-17-5-8-19(9-6-17)38(35,36)29-12-11-16-3-1-2-4-20(16)22(29)14-25(32)37-15-24(31)28-18-7-10-21(27)23(13-18)30(33)34/h1-10,13,22H,11-12,14-15H2,(H,28,31). The quantitative estimate of drug-likeness (QED) is 0.259. The lowest BCUT2D eigenvalue weighted by molar-refractivity contribution is -0.387. The van der Waals surface area contributed by atoms with E-state index in [-0.39, 0.29) is 17.1 Å². The Bertz CT molecular complexity index is 1500. The number of hydrogen-bond acceptors (Lipinski definition) is 7. The highest BCUT2D eigenvalue weighted by Crippen LogP contribution is 2.36. The second kappa shape index (κ2) is 11.0. The lowest BCUT2D eigenvalue weighted by Gasteiger charge is -2.36. The summed E-state index contributed by atoms with van der Waals surface area (Å²) in [7, 11) is -4.11. The van der Waals surface area contributed by atoms with E-state index in [1.165, 1.54) is 0 Å². The van der Waals surface area contributed by atoms with Gasteiger partial charge in [-0.15, -0.1) is 0 Å². The van der Waals surface area contributed by atoms with Gasteiger partial charge in [0.25, 0.3) is 5.91 Å². The van der Waals surface area contributed by atoms with Gasteiger partial charge in [-0.1, -0.05) is 24.3 Å². The van der Waals surface area contributed by atoms with Gasteiger partial charge in [0, 0.05) is 18.3 Å². The highest BCUT2D eigenvalue weighted by atomic mass is 32.2. The van der Waals surface area contributed by atoms with Crippen LogP contribution in [0.25, 0.3) is 0 Å². The van der Waals surface area contributed by atoms with Crippen LogP contribution in [0, 0.1) is 21.7 Å². The van der Waals surface area contributed by atoms with Crippen molar-refractivity contribution >= 4 is 33.3 Å². The van der Waals surface area contributed by atoms with Crippen LogP contribution in [0.3, 0.4) is 0 Å². The molecule has 0 radical (unpaired) electrons. The van der Waals surface area contributed by atoms with Gasteiger partial charge in [-0.25, -0.2) is 12.8 Å². The predicted molar refractivity (Wildman–Crippen MR) is 130 cm³/mol. The first kappa shape index (κ1) is 26.8. The van der Waals surface area contributed by atoms with E-state index in [2.05, 4.69) is 5.32 Å². The molecule has 3 aromatic rings. The van der Waals surface area contributed by atoms with Gasteiger partial charge >= 0.3 is 11.7 Å². The molecular formula is C25H21F2N3O7S. The van der Waals surface area contributed by atoms with Gasteiger partial charge in [0.05, 0.1) is 22.3 Å². The van der Waals surface area contributed by atoms with E-state index in [4.69, 9.17) is 4.74 Å². The number of hydrogen-bond donors (Lipinski definition) is 1. The summed E-state index contributed by atoms with van der Waals surface area (Å²) in [6.07, 6.45) is -0.0128. The summed E-state index contributed by atoms with van der Waals surface area (Å²) in [5.41, 5.74) is 0.547. The van der Waals surface area contributed by atoms with Crippen molar-refractivity contribution in [1.29, 1.82) is 0 Å². The third kappa shape index (κ3) is 5.84. The van der Waals surface area contributed by atoms with E-state index in [1.54, 1.807) is 18.2 Å². The van der Waals surface area contributed by atoms with Crippen molar-refractivity contribution in [2.45, 2.75) is 23.8 Å². The summed E-state index contributed by atoms with van der Waals surface area (Å²) in [5.74, 6) is -3.38. The zero-order chi connectivity index (χ0) is 27.4. The number of ether oxygens (including phenoxy) is 1. The fourth-order valence-corrected chi connectivity index (χ4v) is 5.77. The van der Waals surface area contributed by atoms with Gasteiger partial charge in [-0.05, 0) is 53.9 Å². The van der Waals surface area contributed by atoms with Gasteiger partial charge in [0.15, 0.2) is 6.61 Å². The molecule has 13 heteroatoms. The van der Waals surface area contributed by atoms with Gasteiger partial charge in [-0.3, -0.25) is 19.7 Å². The zero-order valence-corrected chi connectivity index (χ0v) is 20.5. The number of carbonyl (C=O) groups excluding carboxylic acids is 2. The first-order valence-electron chi connectivity index (χ1n) is 11.3. The molecule has 0 saturated heterocycles. The lowest BCUT2D eigenvalue weighted by atomic mass is 9.92. The Morgan fingerprint density at radius 2 is 1.79 bits per heavy atom. The van der Waals surface area contributed by atoms with Crippen LogP contribution in [0.4, 0.5) is 20.2 Å². The minimum atomic E-state index is -4.11. The Labute approximate surface area is 216 Å². The number of sulfonamides is 1. The molecule has 1 amide bonds. The first-order chi connectivity index (χ1) is 18.1. The second-order valence-electron chi connectivity index (χ2n) is 8.37. The Hall–Kier alpha value is -4.23. The SMILES string of the molecule is O=C(COC(=O)CC1c2ccccc2CCN1S(=O)(=O)c1ccc(F)cc1)Nc1ccc(F)c([N+](=O)[O-])c1. The third-order valence-corrected chi connectivity index (χ3v) is 7.86. The van der Waals surface area contributed by atoms with Crippen LogP contribution in [0.1, 0.15) is 23.6 Å². The summed E-state index contributed by atoms with van der Waals surface area (Å²) in [6.45, 7) is -0.693. The van der Waals surface area contributed by atoms with Crippen molar-refractivity contribution in [1.82, 2.24) is 4.31 Å². The average Bonchev–Trinajstić information content (AvgIpc) is 2.88. The molecule has 0 fully saturated rings. The molecule has 1 unspecified atom stereocenters. The van der Waals surface area contributed by atoms with E-state index in [0.29, 0.717) is 12.0 Å². The minimum absolute atomic E-state index is 0.0680. The maximum Gasteiger partial charge on any atom is 0.308 e. The fraction of sp³-hybridized carbons (Fsp3) is 0.200. The van der Waals surface area contributed by atoms with Crippen LogP contribution in [0.2, 0.25) is 0 Å². The number of carbonyl (C=O) groups is 2. The normalized spacial score (nSPS) is 15.4. The number of nitro benzene ring substituents is 1. The van der Waals surface area contributed by atoms with Crippen LogP contribution in [0.15, 0.2) is 71.6 Å². The van der Waals surface area contributed by atoms with Gasteiger partial charge in [-0.2, -0.15) is 8.70 Å². The molecule has 38 heavy (non-hydrogen) atoms. The highest BCUT2D eigenvalue weighted by molar-refractivity contribution is 7.89. The summed E-state index contributed by atoms with van der Waals surface area (Å²) >= 11 is 0. The monoisotopic (exact) mass is 545 g/mol. The molecule has 3 aromatic carbocycles. The van der Waals surface area contributed by atoms with Crippen LogP contribution < -0.4 is 5.32 Å². The summed E-state index contributed by atoms with van der Waals surface area (Å²) in [5, 5.41) is 13.1. The van der Waals surface area contributed by atoms with Crippen molar-refractivity contribution in [3.8, 4) is 0 Å². The topological polar surface area (TPSA) is 136 Å². The van der Waals surface area contributed by atoms with Gasteiger partial charge < -0.3 is 10.1 Å². The highest BCUT2D eigenvalue weighted by Gasteiger charge is 2.38. The number of nitro groups is 1. The Balaban J connectivity index is 1.48. The fourth-order valence-electron chi connectivity index (χ4n) is 4.16. The van der Waals surface area contributed by atoms with Crippen LogP contribution in [-0.2, 0) is 30.8 Å². The van der Waals surface area contributed by atoms with E-state index in [0.717, 1.165) is 52.3 Å². The number of benzene rings is 3. The van der Waals surface area contributed by atoms with Crippen LogP contribution >= 0.6 is 0 Å². The van der Waals surface area contributed by atoms with Crippen molar-refractivity contribution < 1.29 is 36.4 Å². The van der Waals surface area contributed by atoms with E-state index < -0.39 is 63.2 Å². The number of amides is 1. The number of rotatable bonds is 8. The maximum absolute atomic E-state index is 13.5. The summed E-state index contributed by atoms with van der Waals surface area (Å²) in [6, 6.07) is 13.2. The second-order valence-corrected chi connectivity index (χ2v) is 10.3. The molecule has 1 N–H and O–H groups in total. The molecular weight excluding hydrogens is 524 g/mol. The molecule has 10 nitrogen and oxygen atoms in total. The number of fused-ring (bicyclic) bond motifs is 1. The number of esters is 1. The zero-order valence-electron chi connectivity index (χ0n) is 19.7. The number of anilines is 1. The van der Waals surface area contributed by atoms with Crippen molar-refractivity contribution in [2.24, 2.45) is 0 Å². The molecule has 1 heterocycles. The maximum atomic E-state index is 13.5. The first-order valence-corrected chi connectivity index (χ1v) is 12.7. The minimum Gasteiger partial charge on any atom is -0.456 e. The predicted octanol–water partition coefficient (Wildman–Crippen LogP) is 3.73. The smallest absolute Gasteiger partial charge is 0.308 e. The molecule has 1 aliphatic heterocycles. The summed E-state index contributed by atoms with van der Waals surface area (Å²) in [4.78, 5) is 34.7. The molecule has 0 aliphatic carbocycles. The van der Waals surface area contributed by atoms with E-state index in [9.17, 15) is 36.9 Å². The van der Waals surface area contributed by atoms with Crippen molar-refractivity contribution in [2.75, 3.05) is 18.5 Å². The third-order valence-electron chi connectivity index (χ3n) is 5.93. The molecule has 1 atom stereocenters. The number of nitrogens with zero attached hydrogens (tertiary/aromatic N) is 2. The van der Waals surface area contributed by atoms with E-state index in [1.807, 2.05) is 6.07 Å². The molecule has 1 aliphatic rings. The van der Waals surface area contributed by atoms with E-state index >= 15 is 0 Å². The number of halogens is 2. The molecule has 198 valence electrons. The largest absolute Gasteiger partial charge is 0.456 e. The van der Waals surface area contributed by atoms with Crippen LogP contribution in [-0.4, -0.2) is 42.7 Å². The Morgan fingerprint density at radius 3 is 2.50 bits per heavy atom. The van der Waals surface area contributed by atoms with Gasteiger partial charge in [0.1, 0.15) is 5.82 Å². The van der Waals surface area contributed by atoms with Crippen molar-refractivity contribution in [3.05, 3.63) is 99.6 Å². The number of nitrogens with one attached hydrogen (secondary N) is 1. The molecule has 0 aromatic heterocycles. The van der Waals surface area contributed by atoms with Gasteiger partial charge in [0.2, 0.25) is 15.8 Å². The molecule has 4 rings (SSSR count). The average molecular weight is 546 g/mol. The molecule has 0 spiro atoms. The molecule has 0 saturated carbocycles. The lowest BCUT2D eigenvalue weighted by Crippen LogP contribution is -2.41. The Kier molecular flexibility index (Phi) is 7.78. The molecule has 0 bridgehead atoms.